The van der Waals surface area contributed by atoms with Crippen molar-refractivity contribution in [2.45, 2.75) is 6.10 Å². The normalized spacial score (nSPS) is 11.0. The third kappa shape index (κ3) is 2.48. The summed E-state index contributed by atoms with van der Waals surface area (Å²) in [5.41, 5.74) is 0.0581. The zero-order chi connectivity index (χ0) is 13.3. The minimum absolute atomic E-state index is 0.0291. The van der Waals surface area contributed by atoms with Gasteiger partial charge in [0.25, 0.3) is 0 Å². The molecular formula is C13H8Br2F2O. The monoisotopic (exact) mass is 376 g/mol. The van der Waals surface area contributed by atoms with Crippen molar-refractivity contribution in [3.05, 3.63) is 68.1 Å². The van der Waals surface area contributed by atoms with Gasteiger partial charge < -0.3 is 5.11 Å². The van der Waals surface area contributed by atoms with Crippen molar-refractivity contribution in [3.63, 3.8) is 0 Å². The number of halogens is 4. The number of rotatable bonds is 2. The Balaban J connectivity index is 2.51. The molecule has 0 radical (unpaired) electrons. The molecule has 0 spiro atoms. The predicted molar refractivity (Wildman–Crippen MR) is 72.3 cm³/mol. The predicted octanol–water partition coefficient (Wildman–Crippen LogP) is 4.57. The smallest absolute Gasteiger partial charge is 0.143 e. The summed E-state index contributed by atoms with van der Waals surface area (Å²) >= 11 is 6.06. The van der Waals surface area contributed by atoms with Crippen LogP contribution >= 0.6 is 31.9 Å². The molecule has 18 heavy (non-hydrogen) atoms. The third-order valence-electron chi connectivity index (χ3n) is 2.55. The summed E-state index contributed by atoms with van der Waals surface area (Å²) in [5, 5.41) is 10.1. The number of aliphatic hydroxyl groups is 1. The maximum atomic E-state index is 13.8. The van der Waals surface area contributed by atoms with Gasteiger partial charge in [-0.1, -0.05) is 24.3 Å². The zero-order valence-corrected chi connectivity index (χ0v) is 12.2. The molecule has 1 nitrogen and oxygen atoms in total. The highest BCUT2D eigenvalue weighted by atomic mass is 79.9. The van der Waals surface area contributed by atoms with Crippen LogP contribution in [0.1, 0.15) is 17.2 Å². The van der Waals surface area contributed by atoms with Gasteiger partial charge in [0.1, 0.15) is 17.7 Å². The first-order valence-corrected chi connectivity index (χ1v) is 6.67. The van der Waals surface area contributed by atoms with Gasteiger partial charge in [-0.15, -0.1) is 0 Å². The van der Waals surface area contributed by atoms with E-state index < -0.39 is 17.7 Å². The second-order valence-corrected chi connectivity index (χ2v) is 5.40. The van der Waals surface area contributed by atoms with Gasteiger partial charge in [-0.05, 0) is 44.0 Å². The highest BCUT2D eigenvalue weighted by molar-refractivity contribution is 9.10. The van der Waals surface area contributed by atoms with Gasteiger partial charge in [0.05, 0.1) is 8.95 Å². The van der Waals surface area contributed by atoms with Crippen molar-refractivity contribution in [3.8, 4) is 0 Å². The van der Waals surface area contributed by atoms with Gasteiger partial charge in [0.15, 0.2) is 0 Å². The lowest BCUT2D eigenvalue weighted by molar-refractivity contribution is 0.209. The van der Waals surface area contributed by atoms with E-state index in [9.17, 15) is 13.9 Å². The SMILES string of the molecule is OC(c1cccc(Br)c1F)c1cccc(Br)c1F. The standard InChI is InChI=1S/C13H8Br2F2O/c14-9-5-1-3-7(11(9)16)13(18)8-4-2-6-10(15)12(8)17/h1-6,13,18H. The Morgan fingerprint density at radius 1 is 0.833 bits per heavy atom. The molecule has 0 atom stereocenters. The fraction of sp³-hybridized carbons (Fsp3) is 0.0769. The average molecular weight is 378 g/mol. The Bertz CT molecular complexity index is 536. The first-order chi connectivity index (χ1) is 8.52. The van der Waals surface area contributed by atoms with Crippen LogP contribution in [-0.2, 0) is 0 Å². The molecule has 94 valence electrons. The fourth-order valence-corrected chi connectivity index (χ4v) is 2.39. The molecule has 0 heterocycles. The number of hydrogen-bond acceptors (Lipinski definition) is 1. The molecule has 0 bridgehead atoms. The Kier molecular flexibility index (Phi) is 4.14. The Morgan fingerprint density at radius 3 is 1.61 bits per heavy atom. The minimum Gasteiger partial charge on any atom is -0.383 e. The van der Waals surface area contributed by atoms with Crippen LogP contribution in [0.3, 0.4) is 0 Å². The van der Waals surface area contributed by atoms with Crippen molar-refractivity contribution >= 4 is 31.9 Å². The largest absolute Gasteiger partial charge is 0.383 e. The molecule has 0 saturated carbocycles. The molecule has 0 saturated heterocycles. The van der Waals surface area contributed by atoms with E-state index in [4.69, 9.17) is 0 Å². The molecule has 0 aliphatic carbocycles. The van der Waals surface area contributed by atoms with Crippen molar-refractivity contribution in [2.75, 3.05) is 0 Å². The molecule has 2 rings (SSSR count). The third-order valence-corrected chi connectivity index (χ3v) is 3.78. The van der Waals surface area contributed by atoms with E-state index in [-0.39, 0.29) is 20.1 Å². The van der Waals surface area contributed by atoms with Crippen LogP contribution in [0.5, 0.6) is 0 Å². The summed E-state index contributed by atoms with van der Waals surface area (Å²) in [6.45, 7) is 0. The molecular weight excluding hydrogens is 370 g/mol. The summed E-state index contributed by atoms with van der Waals surface area (Å²) in [4.78, 5) is 0. The van der Waals surface area contributed by atoms with E-state index in [1.807, 2.05) is 0 Å². The lowest BCUT2D eigenvalue weighted by Gasteiger charge is -2.14. The van der Waals surface area contributed by atoms with Crippen molar-refractivity contribution in [2.24, 2.45) is 0 Å². The molecule has 2 aromatic carbocycles. The van der Waals surface area contributed by atoms with Gasteiger partial charge in [-0.3, -0.25) is 0 Å². The van der Waals surface area contributed by atoms with Gasteiger partial charge in [0.2, 0.25) is 0 Å². The van der Waals surface area contributed by atoms with Gasteiger partial charge in [0, 0.05) is 11.1 Å². The molecule has 1 N–H and O–H groups in total. The molecule has 2 aromatic rings. The Hall–Kier alpha value is -0.780. The van der Waals surface area contributed by atoms with Crippen LogP contribution in [0.25, 0.3) is 0 Å². The van der Waals surface area contributed by atoms with Crippen molar-refractivity contribution in [1.82, 2.24) is 0 Å². The van der Waals surface area contributed by atoms with Crippen LogP contribution < -0.4 is 0 Å². The van der Waals surface area contributed by atoms with E-state index >= 15 is 0 Å². The molecule has 0 fully saturated rings. The molecule has 0 unspecified atom stereocenters. The Labute approximate surface area is 120 Å². The van der Waals surface area contributed by atoms with Crippen LogP contribution in [-0.4, -0.2) is 5.11 Å². The fourth-order valence-electron chi connectivity index (χ4n) is 1.63. The summed E-state index contributed by atoms with van der Waals surface area (Å²) in [5.74, 6) is -1.19. The summed E-state index contributed by atoms with van der Waals surface area (Å²) in [6, 6.07) is 9.05. The van der Waals surface area contributed by atoms with Crippen LogP contribution in [0.15, 0.2) is 45.3 Å². The zero-order valence-electron chi connectivity index (χ0n) is 9.00. The maximum Gasteiger partial charge on any atom is 0.143 e. The summed E-state index contributed by atoms with van der Waals surface area (Å²) in [7, 11) is 0. The number of benzene rings is 2. The second kappa shape index (κ2) is 5.47. The van der Waals surface area contributed by atoms with Crippen LogP contribution in [0.2, 0.25) is 0 Å². The highest BCUT2D eigenvalue weighted by Crippen LogP contribution is 2.31. The van der Waals surface area contributed by atoms with E-state index in [1.54, 1.807) is 12.1 Å². The highest BCUT2D eigenvalue weighted by Gasteiger charge is 2.20. The van der Waals surface area contributed by atoms with E-state index in [2.05, 4.69) is 31.9 Å². The number of hydrogen-bond donors (Lipinski definition) is 1. The average Bonchev–Trinajstić information content (AvgIpc) is 2.35. The molecule has 0 amide bonds. The van der Waals surface area contributed by atoms with Gasteiger partial charge in [-0.25, -0.2) is 8.78 Å². The van der Waals surface area contributed by atoms with Crippen molar-refractivity contribution in [1.29, 1.82) is 0 Å². The van der Waals surface area contributed by atoms with Crippen LogP contribution in [0.4, 0.5) is 8.78 Å². The van der Waals surface area contributed by atoms with E-state index in [0.717, 1.165) is 0 Å². The van der Waals surface area contributed by atoms with Gasteiger partial charge in [-0.2, -0.15) is 0 Å². The lowest BCUT2D eigenvalue weighted by Crippen LogP contribution is -2.05. The first-order valence-electron chi connectivity index (χ1n) is 5.08. The molecule has 0 aliphatic heterocycles. The van der Waals surface area contributed by atoms with Crippen molar-refractivity contribution < 1.29 is 13.9 Å². The topological polar surface area (TPSA) is 20.2 Å². The molecule has 0 aromatic heterocycles. The second-order valence-electron chi connectivity index (χ2n) is 3.69. The first kappa shape index (κ1) is 13.6. The molecule has 5 heteroatoms. The number of aliphatic hydroxyl groups excluding tert-OH is 1. The quantitative estimate of drug-likeness (QED) is 0.812. The summed E-state index contributed by atoms with van der Waals surface area (Å²) in [6.07, 6.45) is -1.35. The summed E-state index contributed by atoms with van der Waals surface area (Å²) < 4.78 is 28.1. The molecule has 0 aliphatic rings. The lowest BCUT2D eigenvalue weighted by atomic mass is 10.0. The van der Waals surface area contributed by atoms with E-state index in [1.165, 1.54) is 24.3 Å². The van der Waals surface area contributed by atoms with Gasteiger partial charge >= 0.3 is 0 Å². The Morgan fingerprint density at radius 2 is 1.22 bits per heavy atom. The maximum absolute atomic E-state index is 13.8. The van der Waals surface area contributed by atoms with Crippen LogP contribution in [0, 0.1) is 11.6 Å². The van der Waals surface area contributed by atoms with E-state index in [0.29, 0.717) is 0 Å². The minimum atomic E-state index is -1.35.